The zero-order valence-electron chi connectivity index (χ0n) is 11.7. The van der Waals surface area contributed by atoms with Gasteiger partial charge in [0.1, 0.15) is 5.82 Å². The molecule has 0 aliphatic heterocycles. The summed E-state index contributed by atoms with van der Waals surface area (Å²) in [5.74, 6) is -0.304. The summed E-state index contributed by atoms with van der Waals surface area (Å²) in [6, 6.07) is 9.77. The van der Waals surface area contributed by atoms with Crippen LogP contribution < -0.4 is 5.56 Å². The van der Waals surface area contributed by atoms with E-state index in [-0.39, 0.29) is 16.8 Å². The van der Waals surface area contributed by atoms with E-state index in [4.69, 9.17) is 0 Å². The van der Waals surface area contributed by atoms with Crippen molar-refractivity contribution in [1.29, 1.82) is 0 Å². The predicted molar refractivity (Wildman–Crippen MR) is 75.4 cm³/mol. The molecule has 0 bridgehead atoms. The minimum absolute atomic E-state index is 0.0425. The van der Waals surface area contributed by atoms with Crippen LogP contribution in [0, 0.1) is 12.7 Å². The first-order valence-corrected chi connectivity index (χ1v) is 6.30. The first-order valence-electron chi connectivity index (χ1n) is 6.30. The van der Waals surface area contributed by atoms with Crippen LogP contribution in [0.4, 0.5) is 4.39 Å². The zero-order valence-corrected chi connectivity index (χ0v) is 11.7. The van der Waals surface area contributed by atoms with Crippen LogP contribution in [-0.2, 0) is 5.41 Å². The molecule has 2 aromatic rings. The fourth-order valence-electron chi connectivity index (χ4n) is 2.11. The van der Waals surface area contributed by atoms with Gasteiger partial charge in [0.05, 0.1) is 0 Å². The van der Waals surface area contributed by atoms with Crippen LogP contribution in [0.1, 0.15) is 32.0 Å². The summed E-state index contributed by atoms with van der Waals surface area (Å²) in [4.78, 5) is 12.6. The summed E-state index contributed by atoms with van der Waals surface area (Å²) < 4.78 is 14.6. The lowest BCUT2D eigenvalue weighted by Crippen LogP contribution is -2.30. The third-order valence-electron chi connectivity index (χ3n) is 3.17. The van der Waals surface area contributed by atoms with Crippen molar-refractivity contribution in [3.8, 4) is 5.69 Å². The van der Waals surface area contributed by atoms with Crippen molar-refractivity contribution in [3.63, 3.8) is 0 Å². The molecule has 1 aromatic heterocycles. The van der Waals surface area contributed by atoms with Crippen molar-refractivity contribution in [1.82, 2.24) is 4.57 Å². The number of pyridine rings is 1. The molecular weight excluding hydrogens is 241 g/mol. The molecule has 0 aliphatic rings. The van der Waals surface area contributed by atoms with Gasteiger partial charge in [-0.3, -0.25) is 9.36 Å². The topological polar surface area (TPSA) is 22.0 Å². The third kappa shape index (κ3) is 2.60. The Morgan fingerprint density at radius 3 is 2.11 bits per heavy atom. The minimum atomic E-state index is -0.304. The van der Waals surface area contributed by atoms with Gasteiger partial charge in [0.25, 0.3) is 5.56 Å². The number of hydrogen-bond donors (Lipinski definition) is 0. The van der Waals surface area contributed by atoms with Gasteiger partial charge in [0, 0.05) is 16.9 Å². The highest BCUT2D eigenvalue weighted by Crippen LogP contribution is 2.20. The van der Waals surface area contributed by atoms with Gasteiger partial charge in [-0.25, -0.2) is 4.39 Å². The SMILES string of the molecule is Cc1ccc(C(C)(C)C)c(=O)n1-c1ccc(F)cc1. The van der Waals surface area contributed by atoms with Crippen LogP contribution in [0.15, 0.2) is 41.2 Å². The molecule has 0 aliphatic carbocycles. The molecule has 0 atom stereocenters. The van der Waals surface area contributed by atoms with Gasteiger partial charge < -0.3 is 0 Å². The lowest BCUT2D eigenvalue weighted by Gasteiger charge is -2.20. The maximum Gasteiger partial charge on any atom is 0.259 e. The quantitative estimate of drug-likeness (QED) is 0.767. The summed E-state index contributed by atoms with van der Waals surface area (Å²) in [6.45, 7) is 7.90. The zero-order chi connectivity index (χ0) is 14.2. The molecule has 0 radical (unpaired) electrons. The van der Waals surface area contributed by atoms with E-state index in [9.17, 15) is 9.18 Å². The highest BCUT2D eigenvalue weighted by atomic mass is 19.1. The third-order valence-corrected chi connectivity index (χ3v) is 3.17. The van der Waals surface area contributed by atoms with E-state index >= 15 is 0 Å². The largest absolute Gasteiger partial charge is 0.281 e. The van der Waals surface area contributed by atoms with Crippen molar-refractivity contribution >= 4 is 0 Å². The van der Waals surface area contributed by atoms with E-state index in [1.54, 1.807) is 16.7 Å². The Morgan fingerprint density at radius 2 is 1.58 bits per heavy atom. The van der Waals surface area contributed by atoms with Gasteiger partial charge in [-0.2, -0.15) is 0 Å². The summed E-state index contributed by atoms with van der Waals surface area (Å²) in [5.41, 5.74) is 2.02. The molecule has 2 rings (SSSR count). The molecule has 100 valence electrons. The summed E-state index contributed by atoms with van der Waals surface area (Å²) in [6.07, 6.45) is 0. The smallest absolute Gasteiger partial charge is 0.259 e. The van der Waals surface area contributed by atoms with E-state index in [0.717, 1.165) is 11.3 Å². The molecule has 1 aromatic carbocycles. The second-order valence-corrected chi connectivity index (χ2v) is 5.76. The maximum atomic E-state index is 13.0. The van der Waals surface area contributed by atoms with Gasteiger partial charge in [0.2, 0.25) is 0 Å². The highest BCUT2D eigenvalue weighted by Gasteiger charge is 2.19. The number of rotatable bonds is 1. The number of aryl methyl sites for hydroxylation is 1. The molecule has 0 fully saturated rings. The van der Waals surface area contributed by atoms with Crippen LogP contribution >= 0.6 is 0 Å². The van der Waals surface area contributed by atoms with E-state index in [1.165, 1.54) is 12.1 Å². The monoisotopic (exact) mass is 259 g/mol. The first kappa shape index (κ1) is 13.5. The lowest BCUT2D eigenvalue weighted by molar-refractivity contribution is 0.576. The molecule has 0 amide bonds. The minimum Gasteiger partial charge on any atom is -0.281 e. The van der Waals surface area contributed by atoms with Gasteiger partial charge in [-0.15, -0.1) is 0 Å². The average molecular weight is 259 g/mol. The van der Waals surface area contributed by atoms with Crippen molar-refractivity contribution in [2.24, 2.45) is 0 Å². The van der Waals surface area contributed by atoms with Gasteiger partial charge in [-0.1, -0.05) is 26.8 Å². The molecule has 0 unspecified atom stereocenters. The Bertz CT molecular complexity index is 648. The van der Waals surface area contributed by atoms with E-state index in [2.05, 4.69) is 0 Å². The number of hydrogen-bond acceptors (Lipinski definition) is 1. The number of halogens is 1. The van der Waals surface area contributed by atoms with Crippen LogP contribution in [0.25, 0.3) is 5.69 Å². The van der Waals surface area contributed by atoms with Crippen LogP contribution in [0.3, 0.4) is 0 Å². The fourth-order valence-corrected chi connectivity index (χ4v) is 2.11. The molecule has 2 nitrogen and oxygen atoms in total. The second-order valence-electron chi connectivity index (χ2n) is 5.76. The van der Waals surface area contributed by atoms with E-state index < -0.39 is 0 Å². The number of aromatic nitrogens is 1. The molecule has 1 heterocycles. The standard InChI is InChI=1S/C16H18FNO/c1-11-5-10-14(16(2,3)4)15(19)18(11)13-8-6-12(17)7-9-13/h5-10H,1-4H3. The van der Waals surface area contributed by atoms with Crippen LogP contribution in [0.2, 0.25) is 0 Å². The Hall–Kier alpha value is -1.90. The van der Waals surface area contributed by atoms with E-state index in [0.29, 0.717) is 5.69 Å². The normalized spacial score (nSPS) is 11.6. The highest BCUT2D eigenvalue weighted by molar-refractivity contribution is 5.36. The Labute approximate surface area is 112 Å². The van der Waals surface area contributed by atoms with Crippen molar-refractivity contribution in [3.05, 3.63) is 63.8 Å². The second kappa shape index (κ2) is 4.65. The Kier molecular flexibility index (Phi) is 3.31. The summed E-state index contributed by atoms with van der Waals surface area (Å²) >= 11 is 0. The van der Waals surface area contributed by atoms with Gasteiger partial charge >= 0.3 is 0 Å². The molecular formula is C16H18FNO. The average Bonchev–Trinajstić information content (AvgIpc) is 2.29. The van der Waals surface area contributed by atoms with Gasteiger partial charge in [-0.05, 0) is 42.7 Å². The molecule has 3 heteroatoms. The molecule has 19 heavy (non-hydrogen) atoms. The van der Waals surface area contributed by atoms with Crippen LogP contribution in [0.5, 0.6) is 0 Å². The predicted octanol–water partition coefficient (Wildman–Crippen LogP) is 3.58. The lowest BCUT2D eigenvalue weighted by atomic mass is 9.88. The van der Waals surface area contributed by atoms with Crippen molar-refractivity contribution < 1.29 is 4.39 Å². The molecule has 0 saturated heterocycles. The number of nitrogens with zero attached hydrogens (tertiary/aromatic N) is 1. The number of benzene rings is 1. The summed E-state index contributed by atoms with van der Waals surface area (Å²) in [7, 11) is 0. The van der Waals surface area contributed by atoms with E-state index in [1.807, 2.05) is 39.8 Å². The Morgan fingerprint density at radius 1 is 1.00 bits per heavy atom. The molecule has 0 saturated carbocycles. The van der Waals surface area contributed by atoms with Crippen LogP contribution in [-0.4, -0.2) is 4.57 Å². The fraction of sp³-hybridized carbons (Fsp3) is 0.312. The maximum absolute atomic E-state index is 13.0. The van der Waals surface area contributed by atoms with Crippen molar-refractivity contribution in [2.45, 2.75) is 33.1 Å². The first-order chi connectivity index (χ1) is 8.80. The van der Waals surface area contributed by atoms with Crippen molar-refractivity contribution in [2.75, 3.05) is 0 Å². The Balaban J connectivity index is 2.70. The molecule has 0 spiro atoms. The van der Waals surface area contributed by atoms with Gasteiger partial charge in [0.15, 0.2) is 0 Å². The molecule has 0 N–H and O–H groups in total. The summed E-state index contributed by atoms with van der Waals surface area (Å²) in [5, 5.41) is 0.